The zero-order chi connectivity index (χ0) is 18.7. The van der Waals surface area contributed by atoms with Crippen LogP contribution in [-0.2, 0) is 14.8 Å². The second-order valence-electron chi connectivity index (χ2n) is 6.45. The number of hydrogen-bond donors (Lipinski definition) is 2. The Morgan fingerprint density at radius 3 is 2.23 bits per heavy atom. The Morgan fingerprint density at radius 1 is 1.04 bits per heavy atom. The predicted octanol–water partition coefficient (Wildman–Crippen LogP) is 3.05. The summed E-state index contributed by atoms with van der Waals surface area (Å²) in [6.07, 6.45) is 1.91. The van der Waals surface area contributed by atoms with E-state index in [1.54, 1.807) is 55.5 Å². The Balaban J connectivity index is 1.66. The molecule has 0 radical (unpaired) electrons. The molecule has 2 N–H and O–H groups in total. The van der Waals surface area contributed by atoms with E-state index in [9.17, 15) is 13.2 Å². The van der Waals surface area contributed by atoms with Crippen LogP contribution in [0.15, 0.2) is 58.5 Å². The minimum atomic E-state index is -3.70. The standard InChI is InChI=1S/C19H21N3O3S/c1-13-3-11-18(12-4-13)26(24,25)22-21-14(2)15-7-9-17(10-8-15)20-19(23)16-5-6-16/h3-4,7-12,16,22H,5-6H2,1-2H3,(H,20,23)/b21-14-. The molecule has 2 aromatic carbocycles. The van der Waals surface area contributed by atoms with E-state index in [0.29, 0.717) is 5.71 Å². The molecule has 26 heavy (non-hydrogen) atoms. The lowest BCUT2D eigenvalue weighted by Crippen LogP contribution is -2.20. The number of hydrazone groups is 1. The molecule has 0 atom stereocenters. The van der Waals surface area contributed by atoms with Crippen molar-refractivity contribution in [2.24, 2.45) is 11.0 Å². The molecule has 1 aliphatic rings. The molecule has 0 saturated heterocycles. The average Bonchev–Trinajstić information content (AvgIpc) is 3.46. The van der Waals surface area contributed by atoms with E-state index in [1.165, 1.54) is 0 Å². The number of aryl methyl sites for hydroxylation is 1. The van der Waals surface area contributed by atoms with Crippen LogP contribution in [0.3, 0.4) is 0 Å². The zero-order valence-electron chi connectivity index (χ0n) is 14.7. The molecule has 0 spiro atoms. The molecule has 6 nitrogen and oxygen atoms in total. The molecule has 0 heterocycles. The first-order chi connectivity index (χ1) is 12.3. The van der Waals surface area contributed by atoms with Gasteiger partial charge in [-0.15, -0.1) is 0 Å². The molecule has 136 valence electrons. The topological polar surface area (TPSA) is 87.6 Å². The summed E-state index contributed by atoms with van der Waals surface area (Å²) in [6.45, 7) is 3.61. The number of nitrogens with one attached hydrogen (secondary N) is 2. The fourth-order valence-electron chi connectivity index (χ4n) is 2.35. The van der Waals surface area contributed by atoms with Gasteiger partial charge in [0, 0.05) is 11.6 Å². The molecule has 2 aromatic rings. The first-order valence-corrected chi connectivity index (χ1v) is 9.87. The molecular formula is C19H21N3O3S. The average molecular weight is 371 g/mol. The smallest absolute Gasteiger partial charge is 0.276 e. The van der Waals surface area contributed by atoms with Gasteiger partial charge in [-0.1, -0.05) is 29.8 Å². The highest BCUT2D eigenvalue weighted by molar-refractivity contribution is 7.89. The SMILES string of the molecule is C/C(=N/NS(=O)(=O)c1ccc(C)cc1)c1ccc(NC(=O)C2CC2)cc1. The van der Waals surface area contributed by atoms with Crippen LogP contribution >= 0.6 is 0 Å². The van der Waals surface area contributed by atoms with E-state index < -0.39 is 10.0 Å². The van der Waals surface area contributed by atoms with Crippen LogP contribution in [0.1, 0.15) is 30.9 Å². The Bertz CT molecular complexity index is 929. The Kier molecular flexibility index (Phi) is 5.08. The van der Waals surface area contributed by atoms with Crippen molar-refractivity contribution in [2.75, 3.05) is 5.32 Å². The van der Waals surface area contributed by atoms with Crippen LogP contribution in [0.4, 0.5) is 5.69 Å². The fraction of sp³-hybridized carbons (Fsp3) is 0.263. The minimum absolute atomic E-state index is 0.0500. The first-order valence-electron chi connectivity index (χ1n) is 8.39. The minimum Gasteiger partial charge on any atom is -0.326 e. The summed E-state index contributed by atoms with van der Waals surface area (Å²) in [5.41, 5.74) is 3.00. The summed E-state index contributed by atoms with van der Waals surface area (Å²) in [5, 5.41) is 6.85. The highest BCUT2D eigenvalue weighted by Gasteiger charge is 2.29. The molecule has 0 aromatic heterocycles. The number of rotatable bonds is 6. The quantitative estimate of drug-likeness (QED) is 0.604. The normalized spacial score (nSPS) is 14.8. The summed E-state index contributed by atoms with van der Waals surface area (Å²) in [7, 11) is -3.70. The second-order valence-corrected chi connectivity index (χ2v) is 8.11. The van der Waals surface area contributed by atoms with E-state index in [2.05, 4.69) is 15.2 Å². The van der Waals surface area contributed by atoms with Gasteiger partial charge in [-0.3, -0.25) is 4.79 Å². The van der Waals surface area contributed by atoms with E-state index >= 15 is 0 Å². The number of hydrogen-bond acceptors (Lipinski definition) is 4. The second kappa shape index (κ2) is 7.29. The number of carbonyl (C=O) groups excluding carboxylic acids is 1. The third kappa shape index (κ3) is 4.49. The molecule has 7 heteroatoms. The monoisotopic (exact) mass is 371 g/mol. The molecule has 1 amide bonds. The van der Waals surface area contributed by atoms with Gasteiger partial charge in [0.05, 0.1) is 10.6 Å². The van der Waals surface area contributed by atoms with E-state index in [1.807, 2.05) is 6.92 Å². The van der Waals surface area contributed by atoms with Crippen LogP contribution in [-0.4, -0.2) is 20.0 Å². The molecule has 3 rings (SSSR count). The van der Waals surface area contributed by atoms with Gasteiger partial charge in [0.15, 0.2) is 0 Å². The van der Waals surface area contributed by atoms with Gasteiger partial charge in [0.2, 0.25) is 5.91 Å². The van der Waals surface area contributed by atoms with Crippen molar-refractivity contribution in [1.82, 2.24) is 4.83 Å². The van der Waals surface area contributed by atoms with Crippen molar-refractivity contribution in [2.45, 2.75) is 31.6 Å². The molecule has 1 aliphatic carbocycles. The Hall–Kier alpha value is -2.67. The maximum absolute atomic E-state index is 12.3. The van der Waals surface area contributed by atoms with Crippen molar-refractivity contribution >= 4 is 27.3 Å². The van der Waals surface area contributed by atoms with Gasteiger partial charge < -0.3 is 5.32 Å². The van der Waals surface area contributed by atoms with Gasteiger partial charge in [-0.2, -0.15) is 18.4 Å². The van der Waals surface area contributed by atoms with Crippen molar-refractivity contribution in [1.29, 1.82) is 0 Å². The largest absolute Gasteiger partial charge is 0.326 e. The highest BCUT2D eigenvalue weighted by Crippen LogP contribution is 2.30. The van der Waals surface area contributed by atoms with Gasteiger partial charge >= 0.3 is 0 Å². The third-order valence-electron chi connectivity index (χ3n) is 4.18. The molecule has 1 saturated carbocycles. The molecular weight excluding hydrogens is 350 g/mol. The summed E-state index contributed by atoms with van der Waals surface area (Å²) >= 11 is 0. The molecule has 0 aliphatic heterocycles. The van der Waals surface area contributed by atoms with Crippen molar-refractivity contribution in [3.63, 3.8) is 0 Å². The predicted molar refractivity (Wildman–Crippen MR) is 102 cm³/mol. The van der Waals surface area contributed by atoms with Gasteiger partial charge in [0.1, 0.15) is 0 Å². The van der Waals surface area contributed by atoms with Gasteiger partial charge in [-0.25, -0.2) is 0 Å². The van der Waals surface area contributed by atoms with E-state index in [0.717, 1.165) is 29.7 Å². The summed E-state index contributed by atoms with van der Waals surface area (Å²) in [6, 6.07) is 13.7. The number of anilines is 1. The Morgan fingerprint density at radius 2 is 1.65 bits per heavy atom. The summed E-state index contributed by atoms with van der Waals surface area (Å²) < 4.78 is 24.5. The van der Waals surface area contributed by atoms with Crippen molar-refractivity contribution in [3.05, 3.63) is 59.7 Å². The van der Waals surface area contributed by atoms with Crippen molar-refractivity contribution in [3.8, 4) is 0 Å². The van der Waals surface area contributed by atoms with Gasteiger partial charge in [-0.05, 0) is 56.5 Å². The van der Waals surface area contributed by atoms with Crippen LogP contribution in [0, 0.1) is 12.8 Å². The number of nitrogens with zero attached hydrogens (tertiary/aromatic N) is 1. The third-order valence-corrected chi connectivity index (χ3v) is 5.41. The maximum Gasteiger partial charge on any atom is 0.276 e. The first kappa shape index (κ1) is 18.1. The van der Waals surface area contributed by atoms with Crippen LogP contribution in [0.2, 0.25) is 0 Å². The summed E-state index contributed by atoms with van der Waals surface area (Å²) in [5.74, 6) is 0.197. The maximum atomic E-state index is 12.3. The van der Waals surface area contributed by atoms with Crippen molar-refractivity contribution < 1.29 is 13.2 Å². The lowest BCUT2D eigenvalue weighted by atomic mass is 10.1. The number of benzene rings is 2. The van der Waals surface area contributed by atoms with Crippen LogP contribution in [0.5, 0.6) is 0 Å². The number of amides is 1. The molecule has 0 unspecified atom stereocenters. The van der Waals surface area contributed by atoms with E-state index in [-0.39, 0.29) is 16.7 Å². The fourth-order valence-corrected chi connectivity index (χ4v) is 3.20. The molecule has 0 bridgehead atoms. The number of carbonyl (C=O) groups is 1. The van der Waals surface area contributed by atoms with Crippen LogP contribution in [0.25, 0.3) is 0 Å². The van der Waals surface area contributed by atoms with Gasteiger partial charge in [0.25, 0.3) is 10.0 Å². The highest BCUT2D eigenvalue weighted by atomic mass is 32.2. The lowest BCUT2D eigenvalue weighted by Gasteiger charge is -2.07. The zero-order valence-corrected chi connectivity index (χ0v) is 15.5. The lowest BCUT2D eigenvalue weighted by molar-refractivity contribution is -0.117. The summed E-state index contributed by atoms with van der Waals surface area (Å²) in [4.78, 5) is 14.2. The number of sulfonamides is 1. The Labute approximate surface area is 153 Å². The van der Waals surface area contributed by atoms with E-state index in [4.69, 9.17) is 0 Å². The van der Waals surface area contributed by atoms with Crippen LogP contribution < -0.4 is 10.1 Å². The molecule has 1 fully saturated rings.